The van der Waals surface area contributed by atoms with Crippen LogP contribution in [-0.2, 0) is 14.3 Å². The highest BCUT2D eigenvalue weighted by Gasteiger charge is 2.44. The van der Waals surface area contributed by atoms with Crippen molar-refractivity contribution in [1.82, 2.24) is 5.32 Å². The molecular weight excluding hydrogens is 871 g/mol. The lowest BCUT2D eigenvalue weighted by Gasteiger charge is -2.40. The molecule has 1 aliphatic heterocycles. The topological polar surface area (TPSA) is 189 Å². The standard InChI is InChI=1S/C58H107NO10/c1-3-5-7-9-11-13-15-17-19-20-21-22-23-24-25-26-27-28-29-30-32-34-36-38-40-42-44-46-51(62)57(67)59-49(48-68-58-56(66)55(65)54(64)52(47-60)69-58)53(63)50(61)45-43-41-39-37-35-33-31-18-16-14-12-10-8-6-4-2/h10,12,18,24-25,31,37,39,49-56,58,60-66H,3-9,11,13-17,19-23,26-30,32-36,38,40-48H2,1-2H3,(H,59,67)/b12-10+,25-24-,31-18+,39-37+. The Kier molecular flexibility index (Phi) is 44.4. The van der Waals surface area contributed by atoms with Crippen LogP contribution in [0.3, 0.4) is 0 Å². The summed E-state index contributed by atoms with van der Waals surface area (Å²) < 4.78 is 11.1. The zero-order valence-electron chi connectivity index (χ0n) is 44.0. The minimum absolute atomic E-state index is 0.240. The van der Waals surface area contributed by atoms with Crippen LogP contribution in [0.1, 0.15) is 245 Å². The van der Waals surface area contributed by atoms with Crippen molar-refractivity contribution in [2.24, 2.45) is 0 Å². The first-order valence-electron chi connectivity index (χ1n) is 28.5. The number of carbonyl (C=O) groups is 1. The van der Waals surface area contributed by atoms with Gasteiger partial charge in [-0.05, 0) is 83.5 Å². The number of amides is 1. The Bertz CT molecular complexity index is 1260. The molecule has 0 aliphatic carbocycles. The summed E-state index contributed by atoms with van der Waals surface area (Å²) in [6.07, 6.45) is 47.4. The number of hydrogen-bond donors (Lipinski definition) is 8. The molecule has 0 aromatic carbocycles. The number of carbonyl (C=O) groups excluding carboxylic acids is 1. The molecule has 69 heavy (non-hydrogen) atoms. The number of allylic oxidation sites excluding steroid dienone is 8. The van der Waals surface area contributed by atoms with Crippen LogP contribution in [0.2, 0.25) is 0 Å². The van der Waals surface area contributed by atoms with Gasteiger partial charge in [0.2, 0.25) is 5.91 Å². The zero-order valence-corrected chi connectivity index (χ0v) is 44.0. The third-order valence-corrected chi connectivity index (χ3v) is 13.6. The first-order chi connectivity index (χ1) is 33.7. The third-order valence-electron chi connectivity index (χ3n) is 13.6. The van der Waals surface area contributed by atoms with Gasteiger partial charge in [0.1, 0.15) is 36.6 Å². The average molecular weight is 978 g/mol. The van der Waals surface area contributed by atoms with Gasteiger partial charge < -0.3 is 50.5 Å². The van der Waals surface area contributed by atoms with E-state index in [-0.39, 0.29) is 12.8 Å². The van der Waals surface area contributed by atoms with Crippen LogP contribution >= 0.6 is 0 Å². The van der Waals surface area contributed by atoms with Gasteiger partial charge in [0.25, 0.3) is 0 Å². The summed E-state index contributed by atoms with van der Waals surface area (Å²) in [6.45, 7) is 3.40. The molecule has 9 unspecified atom stereocenters. The first kappa shape index (κ1) is 65.1. The molecule has 11 heteroatoms. The number of rotatable bonds is 48. The Balaban J connectivity index is 2.30. The predicted molar refractivity (Wildman–Crippen MR) is 284 cm³/mol. The van der Waals surface area contributed by atoms with Gasteiger partial charge in [-0.1, -0.05) is 210 Å². The third kappa shape index (κ3) is 35.8. The first-order valence-corrected chi connectivity index (χ1v) is 28.5. The van der Waals surface area contributed by atoms with Crippen molar-refractivity contribution < 1.29 is 50.0 Å². The van der Waals surface area contributed by atoms with E-state index in [0.29, 0.717) is 19.3 Å². The van der Waals surface area contributed by atoms with E-state index >= 15 is 0 Å². The summed E-state index contributed by atoms with van der Waals surface area (Å²) >= 11 is 0. The summed E-state index contributed by atoms with van der Waals surface area (Å²) in [5.74, 6) is -0.713. The number of ether oxygens (including phenoxy) is 2. The number of aliphatic hydroxyl groups excluding tert-OH is 7. The van der Waals surface area contributed by atoms with Crippen molar-refractivity contribution in [2.75, 3.05) is 13.2 Å². The Morgan fingerprint density at radius 3 is 1.33 bits per heavy atom. The van der Waals surface area contributed by atoms with E-state index in [1.165, 1.54) is 148 Å². The van der Waals surface area contributed by atoms with Crippen molar-refractivity contribution in [1.29, 1.82) is 0 Å². The van der Waals surface area contributed by atoms with Crippen LogP contribution in [-0.4, -0.2) is 110 Å². The van der Waals surface area contributed by atoms with Crippen LogP contribution in [0.15, 0.2) is 48.6 Å². The molecule has 0 spiro atoms. The molecule has 1 heterocycles. The van der Waals surface area contributed by atoms with Gasteiger partial charge >= 0.3 is 0 Å². The Morgan fingerprint density at radius 1 is 0.493 bits per heavy atom. The lowest BCUT2D eigenvalue weighted by Crippen LogP contribution is -2.60. The minimum Gasteiger partial charge on any atom is -0.394 e. The van der Waals surface area contributed by atoms with Gasteiger partial charge in [0, 0.05) is 0 Å². The lowest BCUT2D eigenvalue weighted by molar-refractivity contribution is -0.303. The van der Waals surface area contributed by atoms with Crippen molar-refractivity contribution in [3.8, 4) is 0 Å². The summed E-state index contributed by atoms with van der Waals surface area (Å²) in [5, 5.41) is 76.0. The van der Waals surface area contributed by atoms with E-state index < -0.39 is 74.2 Å². The molecule has 0 aromatic rings. The molecule has 9 atom stereocenters. The number of hydrogen-bond acceptors (Lipinski definition) is 10. The van der Waals surface area contributed by atoms with E-state index in [1.54, 1.807) is 0 Å². The molecule has 0 aromatic heterocycles. The number of unbranched alkanes of at least 4 members (excludes halogenated alkanes) is 28. The normalized spacial score (nSPS) is 20.7. The summed E-state index contributed by atoms with van der Waals surface area (Å²) in [5.41, 5.74) is 0. The van der Waals surface area contributed by atoms with Crippen molar-refractivity contribution >= 4 is 5.91 Å². The monoisotopic (exact) mass is 978 g/mol. The van der Waals surface area contributed by atoms with Crippen molar-refractivity contribution in [3.05, 3.63) is 48.6 Å². The molecule has 1 rings (SSSR count). The van der Waals surface area contributed by atoms with Crippen LogP contribution in [0.5, 0.6) is 0 Å². The van der Waals surface area contributed by atoms with E-state index in [0.717, 1.165) is 51.4 Å². The molecule has 0 saturated carbocycles. The van der Waals surface area contributed by atoms with Gasteiger partial charge in [-0.2, -0.15) is 0 Å². The Hall–Kier alpha value is -1.93. The maximum Gasteiger partial charge on any atom is 0.249 e. The molecule has 8 N–H and O–H groups in total. The van der Waals surface area contributed by atoms with Gasteiger partial charge in [-0.15, -0.1) is 0 Å². The SMILES string of the molecule is CCCC/C=C/CC/C=C/CC/C=C/CCCC(O)C(O)C(COC1OC(CO)C(O)C(O)C1O)NC(=O)C(O)CCCCCCCCCCCCC/C=C\CCCCCCCCCCCCCC. The van der Waals surface area contributed by atoms with Crippen LogP contribution in [0, 0.1) is 0 Å². The van der Waals surface area contributed by atoms with Gasteiger partial charge in [-0.25, -0.2) is 0 Å². The van der Waals surface area contributed by atoms with E-state index in [4.69, 9.17) is 9.47 Å². The average Bonchev–Trinajstić information content (AvgIpc) is 3.35. The molecule has 0 bridgehead atoms. The van der Waals surface area contributed by atoms with E-state index in [1.807, 2.05) is 0 Å². The summed E-state index contributed by atoms with van der Waals surface area (Å²) in [6, 6.07) is -1.20. The fraction of sp³-hybridized carbons (Fsp3) is 0.845. The largest absolute Gasteiger partial charge is 0.394 e. The molecular formula is C58H107NO10. The highest BCUT2D eigenvalue weighted by atomic mass is 16.7. The summed E-state index contributed by atoms with van der Waals surface area (Å²) in [7, 11) is 0. The highest BCUT2D eigenvalue weighted by Crippen LogP contribution is 2.23. The minimum atomic E-state index is -1.67. The van der Waals surface area contributed by atoms with Gasteiger partial charge in [0.05, 0.1) is 25.4 Å². The van der Waals surface area contributed by atoms with Crippen LogP contribution < -0.4 is 5.32 Å². The fourth-order valence-corrected chi connectivity index (χ4v) is 8.87. The van der Waals surface area contributed by atoms with Crippen molar-refractivity contribution in [2.45, 2.75) is 300 Å². The molecule has 1 saturated heterocycles. The number of aliphatic hydroxyl groups is 7. The second kappa shape index (κ2) is 47.1. The van der Waals surface area contributed by atoms with E-state index in [2.05, 4.69) is 67.8 Å². The second-order valence-corrected chi connectivity index (χ2v) is 20.0. The molecule has 1 aliphatic rings. The lowest BCUT2D eigenvalue weighted by atomic mass is 9.98. The van der Waals surface area contributed by atoms with Gasteiger partial charge in [-0.3, -0.25) is 4.79 Å². The highest BCUT2D eigenvalue weighted by molar-refractivity contribution is 5.80. The van der Waals surface area contributed by atoms with Crippen molar-refractivity contribution in [3.63, 3.8) is 0 Å². The van der Waals surface area contributed by atoms with Crippen LogP contribution in [0.25, 0.3) is 0 Å². The summed E-state index contributed by atoms with van der Waals surface area (Å²) in [4.78, 5) is 13.2. The maximum atomic E-state index is 13.2. The number of nitrogens with one attached hydrogen (secondary N) is 1. The molecule has 1 amide bonds. The smallest absolute Gasteiger partial charge is 0.249 e. The molecule has 0 radical (unpaired) electrons. The van der Waals surface area contributed by atoms with Gasteiger partial charge in [0.15, 0.2) is 6.29 Å². The second-order valence-electron chi connectivity index (χ2n) is 20.0. The Labute approximate surface area is 421 Å². The maximum absolute atomic E-state index is 13.2. The molecule has 404 valence electrons. The quantitative estimate of drug-likeness (QED) is 0.0215. The predicted octanol–water partition coefficient (Wildman–Crippen LogP) is 11.7. The Morgan fingerprint density at radius 2 is 0.884 bits per heavy atom. The zero-order chi connectivity index (χ0) is 50.4. The van der Waals surface area contributed by atoms with Crippen LogP contribution in [0.4, 0.5) is 0 Å². The van der Waals surface area contributed by atoms with E-state index in [9.17, 15) is 40.5 Å². The fourth-order valence-electron chi connectivity index (χ4n) is 8.87. The molecule has 11 nitrogen and oxygen atoms in total. The molecule has 1 fully saturated rings.